The highest BCUT2D eigenvalue weighted by Gasteiger charge is 2.78. The van der Waals surface area contributed by atoms with E-state index in [1.54, 1.807) is 43.5 Å². The van der Waals surface area contributed by atoms with E-state index in [1.165, 1.54) is 14.2 Å². The fourth-order valence-corrected chi connectivity index (χ4v) is 6.36. The first-order chi connectivity index (χ1) is 19.4. The first kappa shape index (κ1) is 27.8. The third-order valence-corrected chi connectivity index (χ3v) is 8.14. The molecule has 0 saturated heterocycles. The van der Waals surface area contributed by atoms with Crippen LogP contribution in [0.1, 0.15) is 35.4 Å². The van der Waals surface area contributed by atoms with Crippen molar-refractivity contribution < 1.29 is 39.1 Å². The number of fused-ring (bicyclic) bond motifs is 3. The molecule has 0 aromatic heterocycles. The number of amides is 1. The molecule has 212 valence electrons. The van der Waals surface area contributed by atoms with Gasteiger partial charge in [0.25, 0.3) is 0 Å². The van der Waals surface area contributed by atoms with Gasteiger partial charge in [-0.25, -0.2) is 0 Å². The van der Waals surface area contributed by atoms with E-state index in [0.29, 0.717) is 42.0 Å². The molecule has 0 radical (unpaired) electrons. The van der Waals surface area contributed by atoms with E-state index in [0.717, 1.165) is 0 Å². The highest BCUT2D eigenvalue weighted by atomic mass is 16.5. The van der Waals surface area contributed by atoms with Crippen molar-refractivity contribution in [3.8, 4) is 23.0 Å². The number of nitrogens with one attached hydrogen (secondary N) is 1. The topological polar surface area (TPSA) is 127 Å². The van der Waals surface area contributed by atoms with E-state index in [4.69, 9.17) is 24.1 Å². The molecule has 3 aromatic carbocycles. The Morgan fingerprint density at radius 1 is 0.950 bits per heavy atom. The summed E-state index contributed by atoms with van der Waals surface area (Å²) in [5.74, 6) is -0.725. The SMILES string of the molecule is COc1ccc([C@@]23Oc4cc(OC)cc(OC)c4[C@]2(O)[C@H](O)[C@H](C(=O)NCCCCO)[C@H]3c2ccccc2)cc1. The minimum atomic E-state index is -2.10. The van der Waals surface area contributed by atoms with Crippen molar-refractivity contribution in [3.05, 3.63) is 83.4 Å². The second-order valence-electron chi connectivity index (χ2n) is 10.1. The highest BCUT2D eigenvalue weighted by molar-refractivity contribution is 5.83. The number of hydrogen-bond donors (Lipinski definition) is 4. The largest absolute Gasteiger partial charge is 0.497 e. The molecule has 1 amide bonds. The van der Waals surface area contributed by atoms with Crippen molar-refractivity contribution in [2.45, 2.75) is 36.1 Å². The molecular weight excluding hydrogens is 514 g/mol. The van der Waals surface area contributed by atoms with E-state index < -0.39 is 35.0 Å². The van der Waals surface area contributed by atoms with Crippen LogP contribution in [-0.4, -0.2) is 61.8 Å². The van der Waals surface area contributed by atoms with Crippen molar-refractivity contribution in [1.82, 2.24) is 5.32 Å². The van der Waals surface area contributed by atoms with E-state index >= 15 is 0 Å². The average molecular weight is 550 g/mol. The lowest BCUT2D eigenvalue weighted by molar-refractivity contribution is -0.154. The third kappa shape index (κ3) is 4.08. The molecule has 0 bridgehead atoms. The number of hydrogen-bond acceptors (Lipinski definition) is 8. The molecule has 5 atom stereocenters. The summed E-state index contributed by atoms with van der Waals surface area (Å²) in [5, 5.41) is 37.0. The summed E-state index contributed by atoms with van der Waals surface area (Å²) in [5.41, 5.74) is -2.22. The van der Waals surface area contributed by atoms with Crippen LogP contribution in [0.2, 0.25) is 0 Å². The maximum atomic E-state index is 13.8. The van der Waals surface area contributed by atoms with Gasteiger partial charge in [0.05, 0.1) is 32.8 Å². The van der Waals surface area contributed by atoms with Gasteiger partial charge in [-0.15, -0.1) is 0 Å². The number of aliphatic hydroxyl groups excluding tert-OH is 2. The Kier molecular flexibility index (Phi) is 7.63. The lowest BCUT2D eigenvalue weighted by Crippen LogP contribution is -2.52. The third-order valence-electron chi connectivity index (χ3n) is 8.14. The number of benzene rings is 3. The second kappa shape index (κ2) is 11.0. The van der Waals surface area contributed by atoms with E-state index in [2.05, 4.69) is 5.32 Å². The molecule has 1 heterocycles. The number of methoxy groups -OCH3 is 3. The fourth-order valence-electron chi connectivity index (χ4n) is 6.36. The van der Waals surface area contributed by atoms with Gasteiger partial charge in [0.1, 0.15) is 29.1 Å². The van der Waals surface area contributed by atoms with Crippen LogP contribution in [0.4, 0.5) is 0 Å². The monoisotopic (exact) mass is 549 g/mol. The number of rotatable bonds is 10. The van der Waals surface area contributed by atoms with Gasteiger partial charge in [0, 0.05) is 31.2 Å². The summed E-state index contributed by atoms with van der Waals surface area (Å²) in [6, 6.07) is 19.6. The molecule has 3 aromatic rings. The Morgan fingerprint density at radius 2 is 1.65 bits per heavy atom. The molecule has 4 N–H and O–H groups in total. The van der Waals surface area contributed by atoms with Crippen LogP contribution in [0.5, 0.6) is 23.0 Å². The fraction of sp³-hybridized carbons (Fsp3) is 0.387. The van der Waals surface area contributed by atoms with Crippen molar-refractivity contribution >= 4 is 5.91 Å². The molecule has 2 aliphatic rings. The molecule has 0 unspecified atom stereocenters. The van der Waals surface area contributed by atoms with Crippen LogP contribution in [0.15, 0.2) is 66.7 Å². The van der Waals surface area contributed by atoms with Crippen LogP contribution in [0, 0.1) is 5.92 Å². The van der Waals surface area contributed by atoms with Crippen molar-refractivity contribution in [1.29, 1.82) is 0 Å². The van der Waals surface area contributed by atoms with Gasteiger partial charge >= 0.3 is 0 Å². The number of aliphatic hydroxyl groups is 3. The minimum absolute atomic E-state index is 0.0166. The molecule has 9 heteroatoms. The van der Waals surface area contributed by atoms with E-state index in [1.807, 2.05) is 30.3 Å². The van der Waals surface area contributed by atoms with Crippen molar-refractivity contribution in [2.75, 3.05) is 34.5 Å². The summed E-state index contributed by atoms with van der Waals surface area (Å²) in [4.78, 5) is 13.8. The molecule has 0 spiro atoms. The van der Waals surface area contributed by atoms with Gasteiger partial charge in [-0.1, -0.05) is 42.5 Å². The Hall–Kier alpha value is -3.79. The summed E-state index contributed by atoms with van der Waals surface area (Å²) in [6.45, 7) is 0.332. The number of ether oxygens (including phenoxy) is 4. The Bertz CT molecular complexity index is 1350. The number of carbonyl (C=O) groups is 1. The first-order valence-electron chi connectivity index (χ1n) is 13.3. The molecular formula is C31H35NO8. The van der Waals surface area contributed by atoms with E-state index in [9.17, 15) is 15.0 Å². The molecule has 1 fully saturated rings. The standard InChI is InChI=1S/C31H35NO8/c1-37-21-13-11-20(12-14-21)31-26(19-9-5-4-6-10-19)25(29(35)32-15-7-8-16-33)28(34)30(31,36)27-23(39-3)17-22(38-2)18-24(27)40-31/h4-6,9-14,17-18,25-26,28,33-34,36H,7-8,15-16H2,1-3H3,(H,32,35)/t25-,26-,28-,30+,31+/m1/s1. The van der Waals surface area contributed by atoms with Crippen LogP contribution in [0.3, 0.4) is 0 Å². The van der Waals surface area contributed by atoms with Crippen LogP contribution in [0.25, 0.3) is 0 Å². The molecule has 1 aliphatic carbocycles. The molecule has 5 rings (SSSR count). The normalized spacial score (nSPS) is 26.4. The van der Waals surface area contributed by atoms with Gasteiger partial charge in [-0.3, -0.25) is 4.79 Å². The first-order valence-corrected chi connectivity index (χ1v) is 13.3. The zero-order valence-corrected chi connectivity index (χ0v) is 22.8. The number of unbranched alkanes of at least 4 members (excludes halogenated alkanes) is 1. The molecule has 1 saturated carbocycles. The zero-order chi connectivity index (χ0) is 28.5. The predicted octanol–water partition coefficient (Wildman–Crippen LogP) is 2.85. The van der Waals surface area contributed by atoms with Crippen molar-refractivity contribution in [2.24, 2.45) is 5.92 Å². The molecule has 40 heavy (non-hydrogen) atoms. The van der Waals surface area contributed by atoms with Crippen molar-refractivity contribution in [3.63, 3.8) is 0 Å². The van der Waals surface area contributed by atoms with Gasteiger partial charge in [0.2, 0.25) is 5.91 Å². The summed E-state index contributed by atoms with van der Waals surface area (Å²) in [7, 11) is 4.54. The average Bonchev–Trinajstić information content (AvgIpc) is 3.37. The predicted molar refractivity (Wildman–Crippen MR) is 147 cm³/mol. The van der Waals surface area contributed by atoms with Gasteiger partial charge in [0.15, 0.2) is 11.2 Å². The maximum absolute atomic E-state index is 13.8. The number of carbonyl (C=O) groups excluding carboxylic acids is 1. The van der Waals surface area contributed by atoms with Crippen LogP contribution < -0.4 is 24.3 Å². The maximum Gasteiger partial charge on any atom is 0.226 e. The van der Waals surface area contributed by atoms with Crippen LogP contribution >= 0.6 is 0 Å². The zero-order valence-electron chi connectivity index (χ0n) is 22.8. The lowest BCUT2D eigenvalue weighted by Gasteiger charge is -2.40. The van der Waals surface area contributed by atoms with E-state index in [-0.39, 0.29) is 23.7 Å². The molecule has 9 nitrogen and oxygen atoms in total. The summed E-state index contributed by atoms with van der Waals surface area (Å²) in [6.07, 6.45) is -0.478. The summed E-state index contributed by atoms with van der Waals surface area (Å²) >= 11 is 0. The Labute approximate surface area is 233 Å². The van der Waals surface area contributed by atoms with Gasteiger partial charge in [-0.05, 0) is 36.1 Å². The second-order valence-corrected chi connectivity index (χ2v) is 10.1. The van der Waals surface area contributed by atoms with Gasteiger partial charge in [-0.2, -0.15) is 0 Å². The summed E-state index contributed by atoms with van der Waals surface area (Å²) < 4.78 is 23.3. The van der Waals surface area contributed by atoms with Crippen LogP contribution in [-0.2, 0) is 16.0 Å². The minimum Gasteiger partial charge on any atom is -0.497 e. The Balaban J connectivity index is 1.77. The highest BCUT2D eigenvalue weighted by Crippen LogP contribution is 2.70. The van der Waals surface area contributed by atoms with Gasteiger partial charge < -0.3 is 39.6 Å². The Morgan fingerprint density at radius 3 is 2.27 bits per heavy atom. The lowest BCUT2D eigenvalue weighted by atomic mass is 9.70. The molecule has 1 aliphatic heterocycles. The smallest absolute Gasteiger partial charge is 0.226 e. The quantitative estimate of drug-likeness (QED) is 0.285.